The molecule has 1 atom stereocenters. The summed E-state index contributed by atoms with van der Waals surface area (Å²) in [5.41, 5.74) is 1.93. The Morgan fingerprint density at radius 2 is 1.64 bits per heavy atom. The number of nitrogens with one attached hydrogen (secondary N) is 1. The van der Waals surface area contributed by atoms with Crippen LogP contribution in [0, 0.1) is 0 Å². The molecule has 5 heteroatoms. The normalized spacial score (nSPS) is 11.5. The molecule has 2 rings (SSSR count). The number of hydrogen-bond acceptors (Lipinski definition) is 4. The molecule has 0 aliphatic carbocycles. The molecule has 0 unspecified atom stereocenters. The van der Waals surface area contributed by atoms with Gasteiger partial charge < -0.3 is 19.5 Å². The summed E-state index contributed by atoms with van der Waals surface area (Å²) in [6.07, 6.45) is 1.11. The number of benzene rings is 2. The summed E-state index contributed by atoms with van der Waals surface area (Å²) >= 11 is 0. The second kappa shape index (κ2) is 8.97. The first-order valence-electron chi connectivity index (χ1n) is 8.25. The highest BCUT2D eigenvalue weighted by Gasteiger charge is 2.15. The van der Waals surface area contributed by atoms with E-state index < -0.39 is 0 Å². The fourth-order valence-corrected chi connectivity index (χ4v) is 2.66. The van der Waals surface area contributed by atoms with E-state index >= 15 is 0 Å². The van der Waals surface area contributed by atoms with Gasteiger partial charge >= 0.3 is 0 Å². The van der Waals surface area contributed by atoms with E-state index in [2.05, 4.69) is 5.32 Å². The molecule has 1 amide bonds. The molecule has 25 heavy (non-hydrogen) atoms. The Bertz CT molecular complexity index is 697. The lowest BCUT2D eigenvalue weighted by Crippen LogP contribution is -2.29. The van der Waals surface area contributed by atoms with Gasteiger partial charge in [0.05, 0.1) is 33.8 Å². The van der Waals surface area contributed by atoms with E-state index in [1.54, 1.807) is 21.3 Å². The molecular weight excluding hydrogens is 318 g/mol. The van der Waals surface area contributed by atoms with Crippen molar-refractivity contribution in [2.45, 2.75) is 25.8 Å². The van der Waals surface area contributed by atoms with E-state index in [4.69, 9.17) is 14.2 Å². The van der Waals surface area contributed by atoms with E-state index in [9.17, 15) is 4.79 Å². The maximum atomic E-state index is 12.4. The van der Waals surface area contributed by atoms with Crippen molar-refractivity contribution in [2.24, 2.45) is 0 Å². The molecule has 0 aromatic heterocycles. The van der Waals surface area contributed by atoms with Crippen molar-refractivity contribution in [3.63, 3.8) is 0 Å². The van der Waals surface area contributed by atoms with Gasteiger partial charge in [0.1, 0.15) is 5.75 Å². The number of methoxy groups -OCH3 is 3. The maximum absolute atomic E-state index is 12.4. The minimum absolute atomic E-state index is 0.0215. The van der Waals surface area contributed by atoms with Crippen LogP contribution in [0.2, 0.25) is 0 Å². The lowest BCUT2D eigenvalue weighted by atomic mass is 10.0. The van der Waals surface area contributed by atoms with Gasteiger partial charge in [0.25, 0.3) is 0 Å². The van der Waals surface area contributed by atoms with Crippen molar-refractivity contribution in [3.8, 4) is 17.2 Å². The Hall–Kier alpha value is -2.69. The highest BCUT2D eigenvalue weighted by atomic mass is 16.5. The van der Waals surface area contributed by atoms with Gasteiger partial charge in [-0.3, -0.25) is 4.79 Å². The number of carbonyl (C=O) groups is 1. The third kappa shape index (κ3) is 4.89. The largest absolute Gasteiger partial charge is 0.497 e. The van der Waals surface area contributed by atoms with Crippen LogP contribution in [0.3, 0.4) is 0 Å². The molecule has 2 aromatic rings. The van der Waals surface area contributed by atoms with Gasteiger partial charge in [-0.25, -0.2) is 0 Å². The first-order chi connectivity index (χ1) is 12.1. The number of carbonyl (C=O) groups excluding carboxylic acids is 1. The van der Waals surface area contributed by atoms with Crippen molar-refractivity contribution in [3.05, 3.63) is 53.6 Å². The second-order valence-corrected chi connectivity index (χ2v) is 5.67. The summed E-state index contributed by atoms with van der Waals surface area (Å²) in [6, 6.07) is 13.1. The predicted molar refractivity (Wildman–Crippen MR) is 97.4 cm³/mol. The SMILES string of the molecule is CC[C@H](NC(=O)Cc1ccc(OC)cc1)c1ccc(OC)c(OC)c1. The molecule has 134 valence electrons. The molecule has 0 fully saturated rings. The van der Waals surface area contributed by atoms with E-state index in [1.165, 1.54) is 0 Å². The highest BCUT2D eigenvalue weighted by Crippen LogP contribution is 2.30. The first kappa shape index (κ1) is 18.6. The standard InChI is InChI=1S/C20H25NO4/c1-5-17(15-8-11-18(24-3)19(13-15)25-4)21-20(22)12-14-6-9-16(23-2)10-7-14/h6-11,13,17H,5,12H2,1-4H3,(H,21,22)/t17-/m0/s1. The van der Waals surface area contributed by atoms with E-state index in [0.717, 1.165) is 23.3 Å². The highest BCUT2D eigenvalue weighted by molar-refractivity contribution is 5.79. The van der Waals surface area contributed by atoms with Crippen molar-refractivity contribution < 1.29 is 19.0 Å². The van der Waals surface area contributed by atoms with Gasteiger partial charge in [-0.2, -0.15) is 0 Å². The molecule has 0 saturated heterocycles. The average molecular weight is 343 g/mol. The van der Waals surface area contributed by atoms with Gasteiger partial charge in [0.2, 0.25) is 5.91 Å². The third-order valence-electron chi connectivity index (χ3n) is 4.08. The van der Waals surface area contributed by atoms with Crippen molar-refractivity contribution in [1.82, 2.24) is 5.32 Å². The summed E-state index contributed by atoms with van der Waals surface area (Å²) < 4.78 is 15.7. The van der Waals surface area contributed by atoms with E-state index in [0.29, 0.717) is 17.9 Å². The molecule has 5 nitrogen and oxygen atoms in total. The van der Waals surface area contributed by atoms with Gasteiger partial charge in [-0.1, -0.05) is 25.1 Å². The zero-order valence-electron chi connectivity index (χ0n) is 15.2. The van der Waals surface area contributed by atoms with Crippen molar-refractivity contribution in [2.75, 3.05) is 21.3 Å². The average Bonchev–Trinajstić information content (AvgIpc) is 2.66. The molecule has 2 aromatic carbocycles. The Kier molecular flexibility index (Phi) is 6.69. The zero-order valence-corrected chi connectivity index (χ0v) is 15.2. The Morgan fingerprint density at radius 1 is 0.960 bits per heavy atom. The summed E-state index contributed by atoms with van der Waals surface area (Å²) in [5.74, 6) is 2.08. The molecule has 0 aliphatic rings. The van der Waals surface area contributed by atoms with Crippen molar-refractivity contribution in [1.29, 1.82) is 0 Å². The molecule has 0 radical (unpaired) electrons. The minimum atomic E-state index is -0.0782. The first-order valence-corrected chi connectivity index (χ1v) is 8.25. The van der Waals surface area contributed by atoms with E-state index in [-0.39, 0.29) is 11.9 Å². The molecule has 0 bridgehead atoms. The van der Waals surface area contributed by atoms with Gasteiger partial charge in [0, 0.05) is 0 Å². The summed E-state index contributed by atoms with van der Waals surface area (Å²) in [4.78, 5) is 12.4. The zero-order chi connectivity index (χ0) is 18.2. The predicted octanol–water partition coefficient (Wildman–Crippen LogP) is 3.52. The van der Waals surface area contributed by atoms with E-state index in [1.807, 2.05) is 49.4 Å². The van der Waals surface area contributed by atoms with Crippen LogP contribution >= 0.6 is 0 Å². The van der Waals surface area contributed by atoms with Crippen LogP contribution in [0.5, 0.6) is 17.2 Å². The van der Waals surface area contributed by atoms with Crippen LogP contribution in [0.25, 0.3) is 0 Å². The van der Waals surface area contributed by atoms with Crippen molar-refractivity contribution >= 4 is 5.91 Å². The lowest BCUT2D eigenvalue weighted by molar-refractivity contribution is -0.121. The van der Waals surface area contributed by atoms with Gasteiger partial charge in [0.15, 0.2) is 11.5 Å². The third-order valence-corrected chi connectivity index (χ3v) is 4.08. The molecule has 0 heterocycles. The molecule has 0 spiro atoms. The van der Waals surface area contributed by atoms with Gasteiger partial charge in [-0.05, 0) is 41.8 Å². The smallest absolute Gasteiger partial charge is 0.224 e. The maximum Gasteiger partial charge on any atom is 0.224 e. The topological polar surface area (TPSA) is 56.8 Å². The second-order valence-electron chi connectivity index (χ2n) is 5.67. The Balaban J connectivity index is 2.06. The summed E-state index contributed by atoms with van der Waals surface area (Å²) in [7, 11) is 4.83. The Labute approximate surface area is 148 Å². The molecule has 1 N–H and O–H groups in total. The van der Waals surface area contributed by atoms with Crippen LogP contribution < -0.4 is 19.5 Å². The summed E-state index contributed by atoms with van der Waals surface area (Å²) in [6.45, 7) is 2.04. The van der Waals surface area contributed by atoms with Crippen LogP contribution in [0.4, 0.5) is 0 Å². The lowest BCUT2D eigenvalue weighted by Gasteiger charge is -2.19. The number of amides is 1. The number of ether oxygens (including phenoxy) is 3. The number of rotatable bonds is 8. The van der Waals surface area contributed by atoms with Crippen LogP contribution in [0.15, 0.2) is 42.5 Å². The minimum Gasteiger partial charge on any atom is -0.497 e. The number of hydrogen-bond donors (Lipinski definition) is 1. The molecular formula is C20H25NO4. The fourth-order valence-electron chi connectivity index (χ4n) is 2.66. The summed E-state index contributed by atoms with van der Waals surface area (Å²) in [5, 5.41) is 3.08. The molecule has 0 saturated carbocycles. The van der Waals surface area contributed by atoms with Crippen LogP contribution in [0.1, 0.15) is 30.5 Å². The van der Waals surface area contributed by atoms with Crippen LogP contribution in [-0.4, -0.2) is 27.2 Å². The Morgan fingerprint density at radius 3 is 2.20 bits per heavy atom. The van der Waals surface area contributed by atoms with Gasteiger partial charge in [-0.15, -0.1) is 0 Å². The monoisotopic (exact) mass is 343 g/mol. The molecule has 0 aliphatic heterocycles. The quantitative estimate of drug-likeness (QED) is 0.797. The fraction of sp³-hybridized carbons (Fsp3) is 0.350. The van der Waals surface area contributed by atoms with Crippen LogP contribution in [-0.2, 0) is 11.2 Å².